The maximum Gasteiger partial charge on any atom is 0.0137 e. The number of nitrogens with one attached hydrogen (secondary N) is 1. The lowest BCUT2D eigenvalue weighted by atomic mass is 9.78. The van der Waals surface area contributed by atoms with E-state index >= 15 is 0 Å². The Labute approximate surface area is 119 Å². The van der Waals surface area contributed by atoms with E-state index in [9.17, 15) is 0 Å². The van der Waals surface area contributed by atoms with Gasteiger partial charge in [-0.2, -0.15) is 0 Å². The summed E-state index contributed by atoms with van der Waals surface area (Å²) < 4.78 is 0. The first kappa shape index (κ1) is 15.3. The normalized spacial score (nSPS) is 31.4. The summed E-state index contributed by atoms with van der Waals surface area (Å²) in [6, 6.07) is 2.26. The van der Waals surface area contributed by atoms with Crippen LogP contribution < -0.4 is 5.32 Å². The summed E-state index contributed by atoms with van der Waals surface area (Å²) in [5.41, 5.74) is 0. The molecule has 3 heteroatoms. The predicted octanol–water partition coefficient (Wildman–Crippen LogP) is 2.18. The van der Waals surface area contributed by atoms with Gasteiger partial charge in [-0.05, 0) is 38.6 Å². The van der Waals surface area contributed by atoms with E-state index in [1.165, 1.54) is 52.0 Å². The first-order valence-corrected chi connectivity index (χ1v) is 8.33. The molecule has 1 saturated heterocycles. The molecule has 1 heterocycles. The summed E-state index contributed by atoms with van der Waals surface area (Å²) in [6.45, 7) is 15.5. The van der Waals surface area contributed by atoms with E-state index in [2.05, 4.69) is 42.8 Å². The molecule has 1 aliphatic heterocycles. The van der Waals surface area contributed by atoms with Gasteiger partial charge in [-0.3, -0.25) is 9.80 Å². The fourth-order valence-electron chi connectivity index (χ4n) is 3.43. The van der Waals surface area contributed by atoms with E-state index in [1.54, 1.807) is 0 Å². The number of piperazine rings is 1. The summed E-state index contributed by atoms with van der Waals surface area (Å²) >= 11 is 0. The molecule has 0 aromatic carbocycles. The quantitative estimate of drug-likeness (QED) is 0.796. The summed E-state index contributed by atoms with van der Waals surface area (Å²) in [4.78, 5) is 5.42. The second kappa shape index (κ2) is 7.05. The summed E-state index contributed by atoms with van der Waals surface area (Å²) in [7, 11) is 0. The van der Waals surface area contributed by atoms with Crippen LogP contribution in [0, 0.1) is 5.92 Å². The Bertz CT molecular complexity index is 259. The van der Waals surface area contributed by atoms with Crippen LogP contribution in [-0.2, 0) is 0 Å². The number of hydrogen-bond acceptors (Lipinski definition) is 3. The fraction of sp³-hybridized carbons (Fsp3) is 1.00. The minimum Gasteiger partial charge on any atom is -0.314 e. The molecule has 1 saturated carbocycles. The van der Waals surface area contributed by atoms with Crippen molar-refractivity contribution in [3.8, 4) is 0 Å². The fourth-order valence-corrected chi connectivity index (χ4v) is 3.43. The van der Waals surface area contributed by atoms with E-state index < -0.39 is 0 Å². The Morgan fingerprint density at radius 2 is 1.74 bits per heavy atom. The highest BCUT2D eigenvalue weighted by Crippen LogP contribution is 2.32. The topological polar surface area (TPSA) is 18.5 Å². The summed E-state index contributed by atoms with van der Waals surface area (Å²) in [6.07, 6.45) is 4.13. The summed E-state index contributed by atoms with van der Waals surface area (Å²) in [5, 5.41) is 3.62. The van der Waals surface area contributed by atoms with Crippen LogP contribution in [0.4, 0.5) is 0 Å². The minimum atomic E-state index is 0.628. The molecule has 0 bridgehead atoms. The number of rotatable bonds is 6. The highest BCUT2D eigenvalue weighted by molar-refractivity contribution is 4.92. The van der Waals surface area contributed by atoms with Crippen LogP contribution in [0.15, 0.2) is 0 Å². The molecule has 2 rings (SSSR count). The third-order valence-corrected chi connectivity index (χ3v) is 5.20. The monoisotopic (exact) mass is 267 g/mol. The van der Waals surface area contributed by atoms with Crippen LogP contribution in [-0.4, -0.2) is 60.6 Å². The van der Waals surface area contributed by atoms with Gasteiger partial charge < -0.3 is 5.32 Å². The molecule has 3 unspecified atom stereocenters. The van der Waals surface area contributed by atoms with Gasteiger partial charge in [0.1, 0.15) is 0 Å². The molecule has 0 amide bonds. The smallest absolute Gasteiger partial charge is 0.0137 e. The Morgan fingerprint density at radius 1 is 1.05 bits per heavy atom. The molecule has 0 aromatic heterocycles. The predicted molar refractivity (Wildman–Crippen MR) is 82.5 cm³/mol. The molecule has 1 aliphatic carbocycles. The average Bonchev–Trinajstić information content (AvgIpc) is 2.37. The highest BCUT2D eigenvalue weighted by Gasteiger charge is 2.36. The van der Waals surface area contributed by atoms with E-state index in [1.807, 2.05) is 0 Å². The van der Waals surface area contributed by atoms with Crippen molar-refractivity contribution in [2.45, 2.75) is 65.1 Å². The van der Waals surface area contributed by atoms with Crippen molar-refractivity contribution in [3.05, 3.63) is 0 Å². The van der Waals surface area contributed by atoms with Crippen molar-refractivity contribution < 1.29 is 0 Å². The van der Waals surface area contributed by atoms with Crippen molar-refractivity contribution in [1.82, 2.24) is 15.1 Å². The number of hydrogen-bond donors (Lipinski definition) is 1. The van der Waals surface area contributed by atoms with E-state index in [0.717, 1.165) is 18.0 Å². The zero-order valence-corrected chi connectivity index (χ0v) is 13.4. The number of nitrogens with zero attached hydrogens (tertiary/aromatic N) is 2. The second-order valence-corrected chi connectivity index (χ2v) is 6.80. The van der Waals surface area contributed by atoms with Gasteiger partial charge in [0.15, 0.2) is 0 Å². The van der Waals surface area contributed by atoms with Crippen molar-refractivity contribution in [2.75, 3.05) is 32.7 Å². The lowest BCUT2D eigenvalue weighted by molar-refractivity contribution is 0.0105. The zero-order valence-electron chi connectivity index (χ0n) is 13.4. The zero-order chi connectivity index (χ0) is 13.8. The first-order chi connectivity index (χ1) is 9.11. The van der Waals surface area contributed by atoms with Gasteiger partial charge in [-0.25, -0.2) is 0 Å². The van der Waals surface area contributed by atoms with Gasteiger partial charge in [-0.1, -0.05) is 20.8 Å². The van der Waals surface area contributed by atoms with Gasteiger partial charge >= 0.3 is 0 Å². The Kier molecular flexibility index (Phi) is 5.67. The van der Waals surface area contributed by atoms with Crippen LogP contribution in [0.1, 0.15) is 47.0 Å². The van der Waals surface area contributed by atoms with Gasteiger partial charge in [-0.15, -0.1) is 0 Å². The average molecular weight is 267 g/mol. The molecule has 1 N–H and O–H groups in total. The molecule has 3 atom stereocenters. The third kappa shape index (κ3) is 3.93. The van der Waals surface area contributed by atoms with Crippen LogP contribution in [0.3, 0.4) is 0 Å². The van der Waals surface area contributed by atoms with Gasteiger partial charge in [0.05, 0.1) is 0 Å². The first-order valence-electron chi connectivity index (χ1n) is 8.33. The Morgan fingerprint density at radius 3 is 2.21 bits per heavy atom. The van der Waals surface area contributed by atoms with Crippen LogP contribution in [0.5, 0.6) is 0 Å². The van der Waals surface area contributed by atoms with Crippen LogP contribution in [0.25, 0.3) is 0 Å². The molecule has 0 radical (unpaired) electrons. The van der Waals surface area contributed by atoms with Crippen molar-refractivity contribution >= 4 is 0 Å². The van der Waals surface area contributed by atoms with Crippen LogP contribution >= 0.6 is 0 Å². The molecule has 0 aromatic rings. The largest absolute Gasteiger partial charge is 0.314 e. The molecular formula is C16H33N3. The van der Waals surface area contributed by atoms with Crippen molar-refractivity contribution in [3.63, 3.8) is 0 Å². The SMILES string of the molecule is CCC(C)N1CCN(C2CCC2CNC(C)C)CC1. The van der Waals surface area contributed by atoms with E-state index in [-0.39, 0.29) is 0 Å². The van der Waals surface area contributed by atoms with E-state index in [0.29, 0.717) is 6.04 Å². The standard InChI is InChI=1S/C16H33N3/c1-5-14(4)18-8-10-19(11-9-18)16-7-6-15(16)12-17-13(2)3/h13-17H,5-12H2,1-4H3. The van der Waals surface area contributed by atoms with Crippen molar-refractivity contribution in [2.24, 2.45) is 5.92 Å². The van der Waals surface area contributed by atoms with Gasteiger partial charge in [0.2, 0.25) is 0 Å². The van der Waals surface area contributed by atoms with Gasteiger partial charge in [0, 0.05) is 44.3 Å². The third-order valence-electron chi connectivity index (χ3n) is 5.20. The van der Waals surface area contributed by atoms with E-state index in [4.69, 9.17) is 0 Å². The Hall–Kier alpha value is -0.120. The molecule has 3 nitrogen and oxygen atoms in total. The molecule has 19 heavy (non-hydrogen) atoms. The highest BCUT2D eigenvalue weighted by atomic mass is 15.3. The molecule has 2 fully saturated rings. The maximum absolute atomic E-state index is 3.62. The van der Waals surface area contributed by atoms with Crippen LogP contribution in [0.2, 0.25) is 0 Å². The lowest BCUT2D eigenvalue weighted by Crippen LogP contribution is -2.58. The Balaban J connectivity index is 1.72. The maximum atomic E-state index is 3.62. The molecular weight excluding hydrogens is 234 g/mol. The molecule has 0 spiro atoms. The molecule has 112 valence electrons. The lowest BCUT2D eigenvalue weighted by Gasteiger charge is -2.48. The second-order valence-electron chi connectivity index (χ2n) is 6.80. The minimum absolute atomic E-state index is 0.628. The molecule has 2 aliphatic rings. The summed E-state index contributed by atoms with van der Waals surface area (Å²) in [5.74, 6) is 0.901. The van der Waals surface area contributed by atoms with Crippen molar-refractivity contribution in [1.29, 1.82) is 0 Å². The van der Waals surface area contributed by atoms with Gasteiger partial charge in [0.25, 0.3) is 0 Å².